The fraction of sp³-hybridized carbons (Fsp3) is 0.286. The van der Waals surface area contributed by atoms with Crippen LogP contribution in [0.5, 0.6) is 0 Å². The zero-order valence-corrected chi connectivity index (χ0v) is 11.2. The molecule has 4 heteroatoms. The number of hydrogen-bond donors (Lipinski definition) is 0. The van der Waals surface area contributed by atoms with E-state index in [0.29, 0.717) is 17.1 Å². The lowest BCUT2D eigenvalue weighted by Gasteiger charge is -2.05. The highest BCUT2D eigenvalue weighted by Crippen LogP contribution is 2.18. The lowest BCUT2D eigenvalue weighted by Crippen LogP contribution is -2.08. The summed E-state index contributed by atoms with van der Waals surface area (Å²) in [6, 6.07) is 8.09. The third-order valence-corrected chi connectivity index (χ3v) is 3.32. The molecule has 0 radical (unpaired) electrons. The highest BCUT2D eigenvalue weighted by Gasteiger charge is 2.15. The Morgan fingerprint density at radius 1 is 1.39 bits per heavy atom. The van der Waals surface area contributed by atoms with E-state index >= 15 is 0 Å². The number of rotatable bonds is 4. The molecule has 0 aliphatic carbocycles. The first-order valence-corrected chi connectivity index (χ1v) is 6.22. The maximum absolute atomic E-state index is 12.1. The van der Waals surface area contributed by atoms with Crippen molar-refractivity contribution in [3.05, 3.63) is 52.3 Å². The molecule has 0 saturated carbocycles. The van der Waals surface area contributed by atoms with E-state index in [4.69, 9.17) is 11.6 Å². The van der Waals surface area contributed by atoms with E-state index in [1.807, 2.05) is 18.2 Å². The molecule has 18 heavy (non-hydrogen) atoms. The topological polar surface area (TPSA) is 34.9 Å². The van der Waals surface area contributed by atoms with Crippen LogP contribution in [0.2, 0.25) is 5.02 Å². The van der Waals surface area contributed by atoms with Gasteiger partial charge in [0.1, 0.15) is 5.69 Å². The van der Waals surface area contributed by atoms with Gasteiger partial charge in [0.15, 0.2) is 5.78 Å². The average molecular weight is 263 g/mol. The number of benzene rings is 1. The number of nitrogens with zero attached hydrogens (tertiary/aromatic N) is 2. The minimum Gasteiger partial charge on any atom is -0.292 e. The summed E-state index contributed by atoms with van der Waals surface area (Å²) in [6.45, 7) is 2.05. The first kappa shape index (κ1) is 12.8. The molecule has 0 N–H and O–H groups in total. The minimum absolute atomic E-state index is 0.0308. The van der Waals surface area contributed by atoms with Crippen molar-refractivity contribution < 1.29 is 4.79 Å². The SMILES string of the molecule is Cc1ccccc1CCC(=O)c1c(Cl)cnn1C. The molecule has 0 fully saturated rings. The molecule has 0 unspecified atom stereocenters. The highest BCUT2D eigenvalue weighted by atomic mass is 35.5. The van der Waals surface area contributed by atoms with Gasteiger partial charge in [-0.15, -0.1) is 0 Å². The molecule has 0 amide bonds. The molecule has 1 heterocycles. The quantitative estimate of drug-likeness (QED) is 0.793. The van der Waals surface area contributed by atoms with E-state index in [-0.39, 0.29) is 5.78 Å². The number of hydrogen-bond acceptors (Lipinski definition) is 2. The summed E-state index contributed by atoms with van der Waals surface area (Å²) in [5.74, 6) is 0.0308. The van der Waals surface area contributed by atoms with E-state index in [1.165, 1.54) is 22.0 Å². The molecule has 0 spiro atoms. The lowest BCUT2D eigenvalue weighted by molar-refractivity contribution is 0.0974. The predicted octanol–water partition coefficient (Wildman–Crippen LogP) is 3.20. The molecule has 0 atom stereocenters. The van der Waals surface area contributed by atoms with Crippen LogP contribution in [0.3, 0.4) is 0 Å². The van der Waals surface area contributed by atoms with Crippen LogP contribution in [-0.2, 0) is 13.5 Å². The first-order valence-electron chi connectivity index (χ1n) is 5.85. The fourth-order valence-corrected chi connectivity index (χ4v) is 2.25. The summed E-state index contributed by atoms with van der Waals surface area (Å²) >= 11 is 5.95. The van der Waals surface area contributed by atoms with Gasteiger partial charge >= 0.3 is 0 Å². The van der Waals surface area contributed by atoms with Crippen LogP contribution < -0.4 is 0 Å². The second kappa shape index (κ2) is 5.36. The van der Waals surface area contributed by atoms with E-state index in [2.05, 4.69) is 18.1 Å². The van der Waals surface area contributed by atoms with E-state index in [0.717, 1.165) is 6.42 Å². The first-order chi connectivity index (χ1) is 8.59. The van der Waals surface area contributed by atoms with Gasteiger partial charge in [-0.3, -0.25) is 9.48 Å². The molecule has 0 bridgehead atoms. The lowest BCUT2D eigenvalue weighted by atomic mass is 10.0. The normalized spacial score (nSPS) is 10.6. The number of aromatic nitrogens is 2. The molecule has 94 valence electrons. The number of carbonyl (C=O) groups excluding carboxylic acids is 1. The fourth-order valence-electron chi connectivity index (χ4n) is 1.98. The van der Waals surface area contributed by atoms with Crippen molar-refractivity contribution in [3.8, 4) is 0 Å². The smallest absolute Gasteiger partial charge is 0.182 e. The van der Waals surface area contributed by atoms with Crippen molar-refractivity contribution in [2.75, 3.05) is 0 Å². The summed E-state index contributed by atoms with van der Waals surface area (Å²) in [4.78, 5) is 12.1. The molecule has 1 aromatic heterocycles. The Hall–Kier alpha value is -1.61. The summed E-state index contributed by atoms with van der Waals surface area (Å²) in [5.41, 5.74) is 2.90. The Balaban J connectivity index is 2.08. The van der Waals surface area contributed by atoms with Gasteiger partial charge in [-0.05, 0) is 24.5 Å². The van der Waals surface area contributed by atoms with Gasteiger partial charge in [-0.1, -0.05) is 35.9 Å². The molecule has 0 aliphatic heterocycles. The van der Waals surface area contributed by atoms with Crippen LogP contribution in [0.1, 0.15) is 28.0 Å². The summed E-state index contributed by atoms with van der Waals surface area (Å²) < 4.78 is 1.53. The third kappa shape index (κ3) is 2.62. The third-order valence-electron chi connectivity index (χ3n) is 3.04. The number of aryl methyl sites for hydroxylation is 3. The van der Waals surface area contributed by atoms with Gasteiger partial charge < -0.3 is 0 Å². The standard InChI is InChI=1S/C14H15ClN2O/c1-10-5-3-4-6-11(10)7-8-13(18)14-12(15)9-16-17(14)2/h3-6,9H,7-8H2,1-2H3. The maximum Gasteiger partial charge on any atom is 0.182 e. The second-order valence-corrected chi connectivity index (χ2v) is 4.72. The van der Waals surface area contributed by atoms with Crippen LogP contribution in [0, 0.1) is 6.92 Å². The highest BCUT2D eigenvalue weighted by molar-refractivity contribution is 6.33. The van der Waals surface area contributed by atoms with Crippen molar-refractivity contribution >= 4 is 17.4 Å². The molecular formula is C14H15ClN2O. The average Bonchev–Trinajstić information content (AvgIpc) is 2.68. The van der Waals surface area contributed by atoms with Crippen molar-refractivity contribution in [2.45, 2.75) is 19.8 Å². The van der Waals surface area contributed by atoms with Crippen LogP contribution in [0.4, 0.5) is 0 Å². The van der Waals surface area contributed by atoms with Crippen molar-refractivity contribution in [1.29, 1.82) is 0 Å². The molecule has 0 aliphatic rings. The molecule has 2 rings (SSSR count). The molecule has 1 aromatic carbocycles. The Labute approximate surface area is 111 Å². The van der Waals surface area contributed by atoms with E-state index in [9.17, 15) is 4.79 Å². The summed E-state index contributed by atoms with van der Waals surface area (Å²) in [5, 5.41) is 4.40. The van der Waals surface area contributed by atoms with Crippen LogP contribution >= 0.6 is 11.6 Å². The zero-order chi connectivity index (χ0) is 13.1. The largest absolute Gasteiger partial charge is 0.292 e. The van der Waals surface area contributed by atoms with Crippen LogP contribution in [0.15, 0.2) is 30.5 Å². The molecular weight excluding hydrogens is 248 g/mol. The zero-order valence-electron chi connectivity index (χ0n) is 10.5. The summed E-state index contributed by atoms with van der Waals surface area (Å²) in [6.07, 6.45) is 2.68. The Kier molecular flexibility index (Phi) is 3.82. The van der Waals surface area contributed by atoms with Gasteiger partial charge in [0.2, 0.25) is 0 Å². The van der Waals surface area contributed by atoms with Gasteiger partial charge in [0.05, 0.1) is 11.2 Å². The maximum atomic E-state index is 12.1. The van der Waals surface area contributed by atoms with Crippen molar-refractivity contribution in [1.82, 2.24) is 9.78 Å². The Bertz CT molecular complexity index is 555. The minimum atomic E-state index is 0.0308. The van der Waals surface area contributed by atoms with Crippen LogP contribution in [0.25, 0.3) is 0 Å². The predicted molar refractivity (Wildman–Crippen MR) is 72.0 cm³/mol. The second-order valence-electron chi connectivity index (χ2n) is 4.31. The van der Waals surface area contributed by atoms with Gasteiger partial charge in [-0.25, -0.2) is 0 Å². The van der Waals surface area contributed by atoms with Crippen LogP contribution in [-0.4, -0.2) is 15.6 Å². The molecule has 2 aromatic rings. The monoisotopic (exact) mass is 262 g/mol. The van der Waals surface area contributed by atoms with Gasteiger partial charge in [0.25, 0.3) is 0 Å². The molecule has 3 nitrogen and oxygen atoms in total. The van der Waals surface area contributed by atoms with Crippen molar-refractivity contribution in [3.63, 3.8) is 0 Å². The molecule has 0 saturated heterocycles. The number of ketones is 1. The Morgan fingerprint density at radius 2 is 2.11 bits per heavy atom. The number of Topliss-reactive ketones (excluding diaryl/α,β-unsaturated/α-hetero) is 1. The van der Waals surface area contributed by atoms with E-state index in [1.54, 1.807) is 7.05 Å². The summed E-state index contributed by atoms with van der Waals surface area (Å²) in [7, 11) is 1.73. The van der Waals surface area contributed by atoms with Gasteiger partial charge in [0, 0.05) is 13.5 Å². The van der Waals surface area contributed by atoms with E-state index < -0.39 is 0 Å². The number of halogens is 1. The Morgan fingerprint density at radius 3 is 2.72 bits per heavy atom. The van der Waals surface area contributed by atoms with Gasteiger partial charge in [-0.2, -0.15) is 5.10 Å². The number of carbonyl (C=O) groups is 1. The van der Waals surface area contributed by atoms with Crippen molar-refractivity contribution in [2.24, 2.45) is 7.05 Å².